The molecule has 0 fully saturated rings. The molecule has 16 heavy (non-hydrogen) atoms. The van der Waals surface area contributed by atoms with Crippen molar-refractivity contribution in [3.63, 3.8) is 0 Å². The summed E-state index contributed by atoms with van der Waals surface area (Å²) in [6, 6.07) is 10.2. The molecule has 1 rings (SSSR count). The van der Waals surface area contributed by atoms with Gasteiger partial charge >= 0.3 is 0 Å². The van der Waals surface area contributed by atoms with Gasteiger partial charge in [0.1, 0.15) is 0 Å². The highest BCUT2D eigenvalue weighted by atomic mass is 15.1. The zero-order valence-electron chi connectivity index (χ0n) is 10.3. The Hall–Kier alpha value is -1.76. The molecule has 0 spiro atoms. The van der Waals surface area contributed by atoms with Gasteiger partial charge in [-0.15, -0.1) is 0 Å². The number of hydrogen-bond acceptors (Lipinski definition) is 1. The molecule has 0 aliphatic carbocycles. The van der Waals surface area contributed by atoms with E-state index in [1.165, 1.54) is 0 Å². The zero-order chi connectivity index (χ0) is 12.1. The lowest BCUT2D eigenvalue weighted by Gasteiger charge is -2.19. The maximum absolute atomic E-state index is 4.07. The van der Waals surface area contributed by atoms with Crippen LogP contribution in [0.2, 0.25) is 0 Å². The topological polar surface area (TPSA) is 3.24 Å². The molecular formula is C15H19N. The second-order valence-corrected chi connectivity index (χ2v) is 3.97. The van der Waals surface area contributed by atoms with Crippen molar-refractivity contribution in [2.75, 3.05) is 7.05 Å². The summed E-state index contributed by atoms with van der Waals surface area (Å²) in [6.07, 6.45) is 2.07. The molecule has 0 aliphatic rings. The van der Waals surface area contributed by atoms with Gasteiger partial charge in [0, 0.05) is 18.4 Å². The standard InChI is InChI=1S/C15H19N/c1-12(2)16(5)14(4)11-13(3)15-9-7-6-8-10-15/h6-11H,1,3H2,2,4-5H3/b14-11+. The van der Waals surface area contributed by atoms with Gasteiger partial charge in [0.25, 0.3) is 0 Å². The monoisotopic (exact) mass is 213 g/mol. The van der Waals surface area contributed by atoms with Crippen molar-refractivity contribution < 1.29 is 0 Å². The average molecular weight is 213 g/mol. The third-order valence-electron chi connectivity index (χ3n) is 2.63. The lowest BCUT2D eigenvalue weighted by molar-refractivity contribution is 0.525. The molecular weight excluding hydrogens is 194 g/mol. The van der Waals surface area contributed by atoms with Crippen LogP contribution in [0.15, 0.2) is 61.0 Å². The third-order valence-corrected chi connectivity index (χ3v) is 2.63. The molecule has 0 unspecified atom stereocenters. The fourth-order valence-electron chi connectivity index (χ4n) is 1.39. The van der Waals surface area contributed by atoms with Gasteiger partial charge in [-0.05, 0) is 31.1 Å². The zero-order valence-corrected chi connectivity index (χ0v) is 10.3. The van der Waals surface area contributed by atoms with E-state index in [4.69, 9.17) is 0 Å². The molecule has 0 saturated carbocycles. The Morgan fingerprint density at radius 1 is 1.12 bits per heavy atom. The van der Waals surface area contributed by atoms with Crippen LogP contribution in [0.1, 0.15) is 19.4 Å². The van der Waals surface area contributed by atoms with E-state index in [1.54, 1.807) is 0 Å². The molecule has 84 valence electrons. The fourth-order valence-corrected chi connectivity index (χ4v) is 1.39. The number of allylic oxidation sites excluding steroid dienone is 4. The normalized spacial score (nSPS) is 11.1. The average Bonchev–Trinajstić information content (AvgIpc) is 2.28. The van der Waals surface area contributed by atoms with E-state index in [0.29, 0.717) is 0 Å². The quantitative estimate of drug-likeness (QED) is 0.681. The van der Waals surface area contributed by atoms with Crippen molar-refractivity contribution in [3.05, 3.63) is 66.5 Å². The minimum atomic E-state index is 1.02. The van der Waals surface area contributed by atoms with Gasteiger partial charge in [0.15, 0.2) is 0 Å². The summed E-state index contributed by atoms with van der Waals surface area (Å²) in [7, 11) is 2.01. The largest absolute Gasteiger partial charge is 0.353 e. The first-order valence-corrected chi connectivity index (χ1v) is 5.34. The van der Waals surface area contributed by atoms with Crippen LogP contribution >= 0.6 is 0 Å². The van der Waals surface area contributed by atoms with Gasteiger partial charge in [-0.3, -0.25) is 0 Å². The Morgan fingerprint density at radius 3 is 2.19 bits per heavy atom. The Morgan fingerprint density at radius 2 is 1.69 bits per heavy atom. The number of hydrogen-bond donors (Lipinski definition) is 0. The van der Waals surface area contributed by atoms with Gasteiger partial charge < -0.3 is 4.90 Å². The molecule has 0 heterocycles. The molecule has 0 radical (unpaired) electrons. The molecule has 0 atom stereocenters. The number of nitrogens with zero attached hydrogens (tertiary/aromatic N) is 1. The highest BCUT2D eigenvalue weighted by Gasteiger charge is 2.00. The van der Waals surface area contributed by atoms with E-state index in [1.807, 2.05) is 37.1 Å². The number of rotatable bonds is 4. The minimum absolute atomic E-state index is 1.02. The molecule has 0 aromatic heterocycles. The van der Waals surface area contributed by atoms with Crippen molar-refractivity contribution in [1.29, 1.82) is 0 Å². The second kappa shape index (κ2) is 5.36. The van der Waals surface area contributed by atoms with Crippen LogP contribution < -0.4 is 0 Å². The van der Waals surface area contributed by atoms with Crippen LogP contribution in [-0.4, -0.2) is 11.9 Å². The number of benzene rings is 1. The first kappa shape index (κ1) is 12.3. The molecule has 0 saturated heterocycles. The van der Waals surface area contributed by atoms with Gasteiger partial charge in [0.2, 0.25) is 0 Å². The van der Waals surface area contributed by atoms with Crippen molar-refractivity contribution in [2.24, 2.45) is 0 Å². The Bertz CT molecular complexity index is 412. The van der Waals surface area contributed by atoms with E-state index in [-0.39, 0.29) is 0 Å². The highest BCUT2D eigenvalue weighted by molar-refractivity contribution is 5.72. The van der Waals surface area contributed by atoms with Crippen LogP contribution in [0.3, 0.4) is 0 Å². The SMILES string of the molecule is C=C(/C=C(\C)N(C)C(=C)C)c1ccccc1. The smallest absolute Gasteiger partial charge is 0.0148 e. The van der Waals surface area contributed by atoms with Crippen LogP contribution in [-0.2, 0) is 0 Å². The molecule has 0 aliphatic heterocycles. The third kappa shape index (κ3) is 3.13. The molecule has 1 aromatic rings. The van der Waals surface area contributed by atoms with Crippen LogP contribution in [0.5, 0.6) is 0 Å². The first-order valence-electron chi connectivity index (χ1n) is 5.34. The summed E-state index contributed by atoms with van der Waals surface area (Å²) in [5, 5.41) is 0. The molecule has 1 nitrogen and oxygen atoms in total. The van der Waals surface area contributed by atoms with E-state index < -0.39 is 0 Å². The Balaban J connectivity index is 2.85. The summed E-state index contributed by atoms with van der Waals surface area (Å²) >= 11 is 0. The van der Waals surface area contributed by atoms with E-state index in [9.17, 15) is 0 Å². The molecule has 1 aromatic carbocycles. The van der Waals surface area contributed by atoms with Crippen molar-refractivity contribution in [1.82, 2.24) is 4.90 Å². The molecule has 0 N–H and O–H groups in total. The van der Waals surface area contributed by atoms with Crippen LogP contribution in [0.25, 0.3) is 5.57 Å². The predicted molar refractivity (Wildman–Crippen MR) is 71.8 cm³/mol. The lowest BCUT2D eigenvalue weighted by atomic mass is 10.1. The molecule has 0 bridgehead atoms. The summed E-state index contributed by atoms with van der Waals surface area (Å²) in [6.45, 7) is 12.0. The van der Waals surface area contributed by atoms with E-state index in [0.717, 1.165) is 22.5 Å². The highest BCUT2D eigenvalue weighted by Crippen LogP contribution is 2.17. The van der Waals surface area contributed by atoms with Crippen LogP contribution in [0.4, 0.5) is 0 Å². The summed E-state index contributed by atoms with van der Waals surface area (Å²) in [5.41, 5.74) is 4.33. The van der Waals surface area contributed by atoms with E-state index >= 15 is 0 Å². The molecule has 1 heteroatoms. The predicted octanol–water partition coefficient (Wildman–Crippen LogP) is 4.07. The Labute approximate surface area is 98.4 Å². The van der Waals surface area contributed by atoms with E-state index in [2.05, 4.69) is 38.3 Å². The van der Waals surface area contributed by atoms with Crippen molar-refractivity contribution >= 4 is 5.57 Å². The van der Waals surface area contributed by atoms with Gasteiger partial charge in [-0.25, -0.2) is 0 Å². The minimum Gasteiger partial charge on any atom is -0.353 e. The van der Waals surface area contributed by atoms with Crippen molar-refractivity contribution in [3.8, 4) is 0 Å². The second-order valence-electron chi connectivity index (χ2n) is 3.97. The lowest BCUT2D eigenvalue weighted by Crippen LogP contribution is -2.12. The van der Waals surface area contributed by atoms with Crippen LogP contribution in [0, 0.1) is 0 Å². The van der Waals surface area contributed by atoms with Crippen molar-refractivity contribution in [2.45, 2.75) is 13.8 Å². The molecule has 0 amide bonds. The maximum atomic E-state index is 4.07. The van der Waals surface area contributed by atoms with Gasteiger partial charge in [-0.1, -0.05) is 43.5 Å². The Kier molecular flexibility index (Phi) is 4.12. The maximum Gasteiger partial charge on any atom is 0.0148 e. The van der Waals surface area contributed by atoms with Gasteiger partial charge in [0.05, 0.1) is 0 Å². The first-order chi connectivity index (χ1) is 7.52. The summed E-state index contributed by atoms with van der Waals surface area (Å²) in [4.78, 5) is 2.05. The summed E-state index contributed by atoms with van der Waals surface area (Å²) in [5.74, 6) is 0. The summed E-state index contributed by atoms with van der Waals surface area (Å²) < 4.78 is 0. The fraction of sp³-hybridized carbons (Fsp3) is 0.200. The van der Waals surface area contributed by atoms with Gasteiger partial charge in [-0.2, -0.15) is 0 Å².